The Morgan fingerprint density at radius 2 is 1.67 bits per heavy atom. The summed E-state index contributed by atoms with van der Waals surface area (Å²) in [4.78, 5) is 37.7. The van der Waals surface area contributed by atoms with Crippen molar-refractivity contribution in [1.29, 1.82) is 0 Å². The van der Waals surface area contributed by atoms with Crippen LogP contribution in [0.3, 0.4) is 0 Å². The van der Waals surface area contributed by atoms with Gasteiger partial charge in [0.05, 0.1) is 24.1 Å². The molecule has 0 spiro atoms. The average molecular weight is 409 g/mol. The molecule has 8 nitrogen and oxygen atoms in total. The third-order valence-corrected chi connectivity index (χ3v) is 4.78. The predicted molar refractivity (Wildman–Crippen MR) is 112 cm³/mol. The number of nitrogens with one attached hydrogen (secondary N) is 1. The second-order valence-corrected chi connectivity index (χ2v) is 6.70. The fourth-order valence-electron chi connectivity index (χ4n) is 2.95. The van der Waals surface area contributed by atoms with E-state index in [-0.39, 0.29) is 16.8 Å². The molecule has 30 heavy (non-hydrogen) atoms. The Morgan fingerprint density at radius 3 is 2.27 bits per heavy atom. The lowest BCUT2D eigenvalue weighted by atomic mass is 10.2. The first-order valence-electron chi connectivity index (χ1n) is 9.33. The van der Waals surface area contributed by atoms with Gasteiger partial charge in [-0.25, -0.2) is 9.48 Å². The number of hydrogen-bond donors (Lipinski definition) is 1. The molecular weight excluding hydrogens is 386 g/mol. The van der Waals surface area contributed by atoms with Gasteiger partial charge in [0.15, 0.2) is 6.10 Å². The number of benzene rings is 2. The van der Waals surface area contributed by atoms with Crippen LogP contribution in [0.25, 0.3) is 5.69 Å². The first-order valence-corrected chi connectivity index (χ1v) is 9.33. The largest absolute Gasteiger partial charge is 0.497 e. The van der Waals surface area contributed by atoms with E-state index in [0.717, 1.165) is 0 Å². The molecule has 1 N–H and O–H groups in total. The Morgan fingerprint density at radius 1 is 1.03 bits per heavy atom. The maximum atomic E-state index is 12.9. The van der Waals surface area contributed by atoms with Crippen LogP contribution in [0.1, 0.15) is 23.0 Å². The highest BCUT2D eigenvalue weighted by Crippen LogP contribution is 2.16. The SMILES string of the molecule is COc1ccc(C(=O)OC(C)C(=O)Nc2c(C)n(C)n(-c3ccccc3)c2=O)cc1. The van der Waals surface area contributed by atoms with Crippen molar-refractivity contribution in [3.05, 3.63) is 76.2 Å². The van der Waals surface area contributed by atoms with Gasteiger partial charge in [-0.05, 0) is 50.2 Å². The van der Waals surface area contributed by atoms with E-state index < -0.39 is 18.0 Å². The van der Waals surface area contributed by atoms with Crippen molar-refractivity contribution in [3.8, 4) is 11.4 Å². The summed E-state index contributed by atoms with van der Waals surface area (Å²) in [5.74, 6) is -0.638. The van der Waals surface area contributed by atoms with Gasteiger partial charge in [-0.2, -0.15) is 0 Å². The molecular formula is C22H23N3O5. The monoisotopic (exact) mass is 409 g/mol. The minimum Gasteiger partial charge on any atom is -0.497 e. The molecule has 0 aliphatic rings. The zero-order valence-electron chi connectivity index (χ0n) is 17.2. The van der Waals surface area contributed by atoms with Gasteiger partial charge in [-0.1, -0.05) is 18.2 Å². The molecule has 0 aliphatic carbocycles. The number of ether oxygens (including phenoxy) is 2. The zero-order valence-corrected chi connectivity index (χ0v) is 17.2. The summed E-state index contributed by atoms with van der Waals surface area (Å²) in [6.45, 7) is 3.18. The fourth-order valence-corrected chi connectivity index (χ4v) is 2.95. The number of esters is 1. The van der Waals surface area contributed by atoms with Crippen LogP contribution in [0.2, 0.25) is 0 Å². The number of para-hydroxylation sites is 1. The van der Waals surface area contributed by atoms with E-state index in [9.17, 15) is 14.4 Å². The summed E-state index contributed by atoms with van der Waals surface area (Å²) in [5, 5.41) is 2.59. The average Bonchev–Trinajstić information content (AvgIpc) is 2.97. The normalized spacial score (nSPS) is 11.6. The maximum absolute atomic E-state index is 12.9. The van der Waals surface area contributed by atoms with Crippen LogP contribution in [-0.2, 0) is 16.6 Å². The van der Waals surface area contributed by atoms with Crippen molar-refractivity contribution in [2.45, 2.75) is 20.0 Å². The first kappa shape index (κ1) is 20.9. The molecule has 8 heteroatoms. The van der Waals surface area contributed by atoms with Gasteiger partial charge in [0, 0.05) is 7.05 Å². The number of carbonyl (C=O) groups is 2. The minimum absolute atomic E-state index is 0.138. The third-order valence-electron chi connectivity index (χ3n) is 4.78. The molecule has 0 fully saturated rings. The molecule has 0 bridgehead atoms. The van der Waals surface area contributed by atoms with E-state index in [1.165, 1.54) is 18.7 Å². The molecule has 0 saturated heterocycles. The molecule has 0 radical (unpaired) electrons. The van der Waals surface area contributed by atoms with E-state index >= 15 is 0 Å². The van der Waals surface area contributed by atoms with Crippen molar-refractivity contribution in [3.63, 3.8) is 0 Å². The topological polar surface area (TPSA) is 91.6 Å². The van der Waals surface area contributed by atoms with E-state index in [1.807, 2.05) is 18.2 Å². The quantitative estimate of drug-likeness (QED) is 0.632. The molecule has 1 aromatic heterocycles. The zero-order chi connectivity index (χ0) is 21.8. The Balaban J connectivity index is 1.75. The number of methoxy groups -OCH3 is 1. The fraction of sp³-hybridized carbons (Fsp3) is 0.227. The number of rotatable bonds is 6. The Bertz CT molecular complexity index is 1110. The third kappa shape index (κ3) is 4.12. The van der Waals surface area contributed by atoms with Crippen LogP contribution in [0, 0.1) is 6.92 Å². The summed E-state index contributed by atoms with van der Waals surface area (Å²) in [5.41, 5.74) is 1.30. The first-order chi connectivity index (χ1) is 14.3. The second kappa shape index (κ2) is 8.69. The Kier molecular flexibility index (Phi) is 6.06. The molecule has 2 aromatic carbocycles. The van der Waals surface area contributed by atoms with Crippen molar-refractivity contribution >= 4 is 17.6 Å². The van der Waals surface area contributed by atoms with Gasteiger partial charge in [0.25, 0.3) is 11.5 Å². The number of amides is 1. The minimum atomic E-state index is -1.09. The van der Waals surface area contributed by atoms with Crippen molar-refractivity contribution in [2.24, 2.45) is 7.05 Å². The molecule has 1 unspecified atom stereocenters. The molecule has 3 rings (SSSR count). The number of nitrogens with zero attached hydrogens (tertiary/aromatic N) is 2. The van der Waals surface area contributed by atoms with E-state index in [4.69, 9.17) is 9.47 Å². The van der Waals surface area contributed by atoms with Crippen LogP contribution >= 0.6 is 0 Å². The van der Waals surface area contributed by atoms with Crippen LogP contribution in [0.15, 0.2) is 59.4 Å². The van der Waals surface area contributed by atoms with Gasteiger partial charge in [0.2, 0.25) is 0 Å². The van der Waals surface area contributed by atoms with Crippen molar-refractivity contribution < 1.29 is 19.1 Å². The lowest BCUT2D eigenvalue weighted by molar-refractivity contribution is -0.123. The molecule has 156 valence electrons. The summed E-state index contributed by atoms with van der Waals surface area (Å²) < 4.78 is 13.4. The maximum Gasteiger partial charge on any atom is 0.338 e. The highest BCUT2D eigenvalue weighted by Gasteiger charge is 2.23. The summed E-state index contributed by atoms with van der Waals surface area (Å²) >= 11 is 0. The van der Waals surface area contributed by atoms with Gasteiger partial charge in [-0.3, -0.25) is 14.3 Å². The van der Waals surface area contributed by atoms with E-state index in [2.05, 4.69) is 5.32 Å². The van der Waals surface area contributed by atoms with Crippen LogP contribution in [-0.4, -0.2) is 34.5 Å². The molecule has 1 atom stereocenters. The van der Waals surface area contributed by atoms with Gasteiger partial charge in [0.1, 0.15) is 11.4 Å². The van der Waals surface area contributed by atoms with Crippen molar-refractivity contribution in [1.82, 2.24) is 9.36 Å². The molecule has 1 heterocycles. The van der Waals surface area contributed by atoms with E-state index in [1.54, 1.807) is 55.1 Å². The highest BCUT2D eigenvalue weighted by atomic mass is 16.5. The standard InChI is InChI=1S/C22H23N3O5/c1-14-19(21(27)25(24(14)3)17-8-6-5-7-9-17)23-20(26)15(2)30-22(28)16-10-12-18(29-4)13-11-16/h5-13,15H,1-4H3,(H,23,26). The lowest BCUT2D eigenvalue weighted by Gasteiger charge is -2.13. The summed E-state index contributed by atoms with van der Waals surface area (Å²) in [6, 6.07) is 15.4. The Labute approximate surface area is 173 Å². The highest BCUT2D eigenvalue weighted by molar-refractivity contribution is 5.97. The van der Waals surface area contributed by atoms with Crippen LogP contribution in [0.5, 0.6) is 5.75 Å². The molecule has 3 aromatic rings. The predicted octanol–water partition coefficient (Wildman–Crippen LogP) is 2.68. The molecule has 0 saturated carbocycles. The van der Waals surface area contributed by atoms with E-state index in [0.29, 0.717) is 17.1 Å². The number of hydrogen-bond acceptors (Lipinski definition) is 5. The lowest BCUT2D eigenvalue weighted by Crippen LogP contribution is -2.32. The summed E-state index contributed by atoms with van der Waals surface area (Å²) in [7, 11) is 3.25. The summed E-state index contributed by atoms with van der Waals surface area (Å²) in [6.07, 6.45) is -1.09. The second-order valence-electron chi connectivity index (χ2n) is 6.70. The molecule has 0 aliphatic heterocycles. The van der Waals surface area contributed by atoms with Crippen LogP contribution in [0.4, 0.5) is 5.69 Å². The van der Waals surface area contributed by atoms with Gasteiger partial charge < -0.3 is 14.8 Å². The number of aromatic nitrogens is 2. The molecule has 1 amide bonds. The smallest absolute Gasteiger partial charge is 0.338 e. The van der Waals surface area contributed by atoms with Gasteiger partial charge in [-0.15, -0.1) is 0 Å². The van der Waals surface area contributed by atoms with Crippen LogP contribution < -0.4 is 15.6 Å². The Hall–Kier alpha value is -3.81. The van der Waals surface area contributed by atoms with Gasteiger partial charge >= 0.3 is 5.97 Å². The number of carbonyl (C=O) groups excluding carboxylic acids is 2. The van der Waals surface area contributed by atoms with Crippen molar-refractivity contribution in [2.75, 3.05) is 12.4 Å². The number of anilines is 1.